The predicted octanol–water partition coefficient (Wildman–Crippen LogP) is 4.93. The molecule has 2 aromatic carbocycles. The van der Waals surface area contributed by atoms with Crippen LogP contribution in [0.1, 0.15) is 30.7 Å². The molecule has 0 saturated carbocycles. The van der Waals surface area contributed by atoms with Crippen LogP contribution in [0.25, 0.3) is 0 Å². The molecule has 0 amide bonds. The van der Waals surface area contributed by atoms with E-state index >= 15 is 0 Å². The van der Waals surface area contributed by atoms with Gasteiger partial charge in [-0.15, -0.1) is 12.4 Å². The second-order valence-electron chi connectivity index (χ2n) is 7.12. The van der Waals surface area contributed by atoms with E-state index in [1.807, 2.05) is 42.5 Å². The molecule has 0 aliphatic carbocycles. The Morgan fingerprint density at radius 3 is 2.46 bits per heavy atom. The highest BCUT2D eigenvalue weighted by atomic mass is 35.5. The molecule has 2 aromatic rings. The quantitative estimate of drug-likeness (QED) is 0.548. The highest BCUT2D eigenvalue weighted by Crippen LogP contribution is 2.46. The molecule has 2 saturated heterocycles. The van der Waals surface area contributed by atoms with Gasteiger partial charge in [-0.25, -0.2) is 0 Å². The summed E-state index contributed by atoms with van der Waals surface area (Å²) in [4.78, 5) is 15.5. The Kier molecular flexibility index (Phi) is 5.91. The average molecular weight is 392 g/mol. The van der Waals surface area contributed by atoms with Gasteiger partial charge in [0.25, 0.3) is 0 Å². The number of rotatable bonds is 3. The summed E-state index contributed by atoms with van der Waals surface area (Å²) in [7, 11) is 2.14. The Balaban J connectivity index is 0.00000196. The van der Waals surface area contributed by atoms with Crippen molar-refractivity contribution in [3.8, 4) is 5.75 Å². The van der Waals surface area contributed by atoms with Crippen molar-refractivity contribution in [2.45, 2.75) is 37.3 Å². The average Bonchev–Trinajstić information content (AvgIpc) is 2.86. The molecule has 0 radical (unpaired) electrons. The molecule has 4 rings (SSSR count). The zero-order valence-electron chi connectivity index (χ0n) is 14.7. The minimum absolute atomic E-state index is 0. The molecule has 5 heteroatoms. The lowest BCUT2D eigenvalue weighted by atomic mass is 9.76. The lowest BCUT2D eigenvalue weighted by Gasteiger charge is -2.41. The van der Waals surface area contributed by atoms with Crippen LogP contribution >= 0.6 is 24.0 Å². The van der Waals surface area contributed by atoms with Gasteiger partial charge >= 0.3 is 5.97 Å². The van der Waals surface area contributed by atoms with E-state index in [0.717, 1.165) is 24.3 Å². The number of nitrogens with zero attached hydrogens (tertiary/aromatic N) is 1. The summed E-state index contributed by atoms with van der Waals surface area (Å²) in [6, 6.07) is 18.1. The molecule has 2 bridgehead atoms. The van der Waals surface area contributed by atoms with Crippen LogP contribution in [-0.2, 0) is 4.79 Å². The zero-order chi connectivity index (χ0) is 17.4. The molecule has 2 unspecified atom stereocenters. The maximum atomic E-state index is 13.1. The number of piperidine rings is 1. The van der Waals surface area contributed by atoms with Gasteiger partial charge in [0, 0.05) is 23.0 Å². The van der Waals surface area contributed by atoms with Crippen molar-refractivity contribution >= 4 is 30.0 Å². The third-order valence-corrected chi connectivity index (χ3v) is 6.05. The normalized spacial score (nSPS) is 27.6. The summed E-state index contributed by atoms with van der Waals surface area (Å²) in [5.41, 5.74) is 1.18. The molecular weight excluding hydrogens is 369 g/mol. The van der Waals surface area contributed by atoms with Gasteiger partial charge in [-0.05, 0) is 56.1 Å². The molecule has 2 fully saturated rings. The van der Waals surface area contributed by atoms with Crippen LogP contribution in [0.5, 0.6) is 5.75 Å². The van der Waals surface area contributed by atoms with Crippen LogP contribution in [0.2, 0.25) is 5.02 Å². The van der Waals surface area contributed by atoms with Gasteiger partial charge < -0.3 is 4.74 Å². The minimum Gasteiger partial charge on any atom is -0.426 e. The van der Waals surface area contributed by atoms with E-state index < -0.39 is 0 Å². The van der Waals surface area contributed by atoms with Crippen molar-refractivity contribution in [2.75, 3.05) is 7.05 Å². The molecule has 0 spiro atoms. The van der Waals surface area contributed by atoms with E-state index in [2.05, 4.69) is 24.1 Å². The maximum absolute atomic E-state index is 13.1. The van der Waals surface area contributed by atoms with Gasteiger partial charge in [0.1, 0.15) is 5.75 Å². The number of carbonyl (C=O) groups excluding carboxylic acids is 1. The third kappa shape index (κ3) is 3.62. The van der Waals surface area contributed by atoms with Crippen LogP contribution in [0, 0.1) is 5.92 Å². The Morgan fingerprint density at radius 1 is 1.08 bits per heavy atom. The van der Waals surface area contributed by atoms with E-state index in [-0.39, 0.29) is 36.3 Å². The highest BCUT2D eigenvalue weighted by molar-refractivity contribution is 6.30. The van der Waals surface area contributed by atoms with Crippen LogP contribution in [0.3, 0.4) is 0 Å². The summed E-state index contributed by atoms with van der Waals surface area (Å²) in [6.07, 6.45) is 3.20. The van der Waals surface area contributed by atoms with E-state index in [1.165, 1.54) is 5.56 Å². The first-order valence-corrected chi connectivity index (χ1v) is 9.25. The number of carbonyl (C=O) groups is 1. The Labute approximate surface area is 165 Å². The number of halogens is 2. The molecule has 2 aliphatic rings. The standard InChI is InChI=1S/C21H22ClNO2.ClH/c1-23-16-11-12-19(23)20(21(24)25-17-5-3-2-4-6-17)18(13-16)14-7-9-15(22)10-8-14;/h2-10,16,18-20H,11-13H2,1H3;1H/t16?,18-,19?,20+;/m1./s1. The lowest BCUT2D eigenvalue weighted by molar-refractivity contribution is -0.143. The topological polar surface area (TPSA) is 29.5 Å². The number of hydrogen-bond donors (Lipinski definition) is 0. The number of hydrogen-bond acceptors (Lipinski definition) is 3. The summed E-state index contributed by atoms with van der Waals surface area (Å²) in [5.74, 6) is 0.529. The number of esters is 1. The predicted molar refractivity (Wildman–Crippen MR) is 106 cm³/mol. The first-order valence-electron chi connectivity index (χ1n) is 8.87. The summed E-state index contributed by atoms with van der Waals surface area (Å²) in [6.45, 7) is 0. The van der Waals surface area contributed by atoms with Gasteiger partial charge in [0.15, 0.2) is 0 Å². The largest absolute Gasteiger partial charge is 0.426 e. The molecular formula is C21H23Cl2NO2. The van der Waals surface area contributed by atoms with Crippen molar-refractivity contribution in [1.82, 2.24) is 4.90 Å². The van der Waals surface area contributed by atoms with Crippen LogP contribution < -0.4 is 4.74 Å². The molecule has 26 heavy (non-hydrogen) atoms. The van der Waals surface area contributed by atoms with Crippen molar-refractivity contribution in [3.63, 3.8) is 0 Å². The minimum atomic E-state index is -0.148. The fraction of sp³-hybridized carbons (Fsp3) is 0.381. The molecule has 2 heterocycles. The molecule has 0 aromatic heterocycles. The summed E-state index contributed by atoms with van der Waals surface area (Å²) in [5, 5.41) is 0.725. The number of para-hydroxylation sites is 1. The Hall–Kier alpha value is -1.55. The highest BCUT2D eigenvalue weighted by Gasteiger charge is 2.49. The van der Waals surface area contributed by atoms with Crippen molar-refractivity contribution < 1.29 is 9.53 Å². The van der Waals surface area contributed by atoms with Gasteiger partial charge in [0.2, 0.25) is 0 Å². The van der Waals surface area contributed by atoms with E-state index in [1.54, 1.807) is 0 Å². The van der Waals surface area contributed by atoms with Gasteiger partial charge in [-0.2, -0.15) is 0 Å². The fourth-order valence-electron chi connectivity index (χ4n) is 4.51. The van der Waals surface area contributed by atoms with Gasteiger partial charge in [-0.1, -0.05) is 41.9 Å². The van der Waals surface area contributed by atoms with Gasteiger partial charge in [-0.3, -0.25) is 9.69 Å². The van der Waals surface area contributed by atoms with E-state index in [9.17, 15) is 4.79 Å². The summed E-state index contributed by atoms with van der Waals surface area (Å²) < 4.78 is 5.74. The smallest absolute Gasteiger partial charge is 0.316 e. The fourth-order valence-corrected chi connectivity index (χ4v) is 4.64. The van der Waals surface area contributed by atoms with Crippen LogP contribution in [-0.4, -0.2) is 30.0 Å². The second kappa shape index (κ2) is 7.99. The third-order valence-electron chi connectivity index (χ3n) is 5.80. The molecule has 0 N–H and O–H groups in total. The van der Waals surface area contributed by atoms with Crippen molar-refractivity contribution in [1.29, 1.82) is 0 Å². The lowest BCUT2D eigenvalue weighted by Crippen LogP contribution is -2.49. The van der Waals surface area contributed by atoms with E-state index in [4.69, 9.17) is 16.3 Å². The van der Waals surface area contributed by atoms with Crippen molar-refractivity contribution in [3.05, 3.63) is 65.2 Å². The van der Waals surface area contributed by atoms with Crippen LogP contribution in [0.15, 0.2) is 54.6 Å². The maximum Gasteiger partial charge on any atom is 0.316 e. The Morgan fingerprint density at radius 2 is 1.77 bits per heavy atom. The van der Waals surface area contributed by atoms with Gasteiger partial charge in [0.05, 0.1) is 5.92 Å². The number of fused-ring (bicyclic) bond motifs is 2. The number of ether oxygens (including phenoxy) is 1. The first kappa shape index (κ1) is 19.2. The monoisotopic (exact) mass is 391 g/mol. The SMILES string of the molecule is CN1C2CCC1[C@@H](C(=O)Oc1ccccc1)[C@@H](c1ccc(Cl)cc1)C2.Cl. The number of benzene rings is 2. The first-order chi connectivity index (χ1) is 12.1. The van der Waals surface area contributed by atoms with Crippen LogP contribution in [0.4, 0.5) is 0 Å². The molecule has 3 nitrogen and oxygen atoms in total. The molecule has 2 aliphatic heterocycles. The second-order valence-corrected chi connectivity index (χ2v) is 7.55. The zero-order valence-corrected chi connectivity index (χ0v) is 16.2. The van der Waals surface area contributed by atoms with E-state index in [0.29, 0.717) is 11.8 Å². The van der Waals surface area contributed by atoms with Crippen molar-refractivity contribution in [2.24, 2.45) is 5.92 Å². The molecule has 4 atom stereocenters. The molecule has 138 valence electrons. The Bertz CT molecular complexity index is 750. The summed E-state index contributed by atoms with van der Waals surface area (Å²) >= 11 is 6.05.